The van der Waals surface area contributed by atoms with Gasteiger partial charge >= 0.3 is 0 Å². The number of hydrogen-bond acceptors (Lipinski definition) is 3. The number of benzene rings is 1. The van der Waals surface area contributed by atoms with Crippen molar-refractivity contribution in [3.05, 3.63) is 46.2 Å². The Morgan fingerprint density at radius 2 is 2.11 bits per heavy atom. The smallest absolute Gasteiger partial charge is 0.200 e. The summed E-state index contributed by atoms with van der Waals surface area (Å²) in [4.78, 5) is 12.4. The number of carbonyl (C=O) groups is 1. The second-order valence-corrected chi connectivity index (χ2v) is 4.38. The van der Waals surface area contributed by atoms with Gasteiger partial charge in [0.2, 0.25) is 0 Å². The molecule has 18 heavy (non-hydrogen) atoms. The van der Waals surface area contributed by atoms with Gasteiger partial charge in [-0.2, -0.15) is 5.10 Å². The Hall–Kier alpha value is -1.81. The minimum atomic E-state index is -0.139. The minimum Gasteiger partial charge on any atom is -0.496 e. The standard InChI is InChI=1S/C13H13ClN2O2/c1-8-11(7-15-16(8)2)13(17)10-6-9(14)4-5-12(10)18-3/h4-7H,1-3H3. The van der Waals surface area contributed by atoms with E-state index < -0.39 is 0 Å². The van der Waals surface area contributed by atoms with E-state index in [1.54, 1.807) is 36.1 Å². The number of hydrogen-bond donors (Lipinski definition) is 0. The summed E-state index contributed by atoms with van der Waals surface area (Å²) in [6.07, 6.45) is 1.55. The second kappa shape index (κ2) is 4.82. The zero-order valence-corrected chi connectivity index (χ0v) is 11.2. The van der Waals surface area contributed by atoms with Gasteiger partial charge in [0.25, 0.3) is 0 Å². The maximum Gasteiger partial charge on any atom is 0.200 e. The van der Waals surface area contributed by atoms with E-state index in [1.807, 2.05) is 6.92 Å². The van der Waals surface area contributed by atoms with Gasteiger partial charge in [-0.3, -0.25) is 9.48 Å². The summed E-state index contributed by atoms with van der Waals surface area (Å²) in [7, 11) is 3.32. The Morgan fingerprint density at radius 1 is 1.39 bits per heavy atom. The molecule has 0 unspecified atom stereocenters. The monoisotopic (exact) mass is 264 g/mol. The Bertz CT molecular complexity index is 605. The molecule has 0 atom stereocenters. The molecule has 0 bridgehead atoms. The number of halogens is 1. The van der Waals surface area contributed by atoms with Crippen LogP contribution in [0, 0.1) is 6.92 Å². The van der Waals surface area contributed by atoms with Crippen LogP contribution in [0.2, 0.25) is 5.02 Å². The first kappa shape index (κ1) is 12.6. The minimum absolute atomic E-state index is 0.139. The van der Waals surface area contributed by atoms with Crippen molar-refractivity contribution >= 4 is 17.4 Å². The van der Waals surface area contributed by atoms with Crippen LogP contribution in [0.25, 0.3) is 0 Å². The molecule has 1 aromatic carbocycles. The highest BCUT2D eigenvalue weighted by atomic mass is 35.5. The van der Waals surface area contributed by atoms with Gasteiger partial charge in [-0.25, -0.2) is 0 Å². The highest BCUT2D eigenvalue weighted by Gasteiger charge is 2.19. The third-order valence-corrected chi connectivity index (χ3v) is 3.12. The van der Waals surface area contributed by atoms with Crippen LogP contribution in [0.1, 0.15) is 21.6 Å². The Labute approximate surface area is 110 Å². The Balaban J connectivity index is 2.52. The lowest BCUT2D eigenvalue weighted by atomic mass is 10.0. The third-order valence-electron chi connectivity index (χ3n) is 2.89. The summed E-state index contributed by atoms with van der Waals surface area (Å²) in [6.45, 7) is 1.84. The van der Waals surface area contributed by atoms with Crippen molar-refractivity contribution in [2.45, 2.75) is 6.92 Å². The molecule has 0 aliphatic rings. The summed E-state index contributed by atoms with van der Waals surface area (Å²) >= 11 is 5.92. The molecule has 0 saturated heterocycles. The number of carbonyl (C=O) groups excluding carboxylic acids is 1. The van der Waals surface area contributed by atoms with Crippen molar-refractivity contribution in [1.82, 2.24) is 9.78 Å². The summed E-state index contributed by atoms with van der Waals surface area (Å²) in [6, 6.07) is 4.98. The van der Waals surface area contributed by atoms with Crippen molar-refractivity contribution in [1.29, 1.82) is 0 Å². The molecule has 4 nitrogen and oxygen atoms in total. The first-order valence-corrected chi connectivity index (χ1v) is 5.79. The number of nitrogens with zero attached hydrogens (tertiary/aromatic N) is 2. The van der Waals surface area contributed by atoms with E-state index in [2.05, 4.69) is 5.10 Å². The van der Waals surface area contributed by atoms with Crippen LogP contribution in [0.3, 0.4) is 0 Å². The average Bonchev–Trinajstić information content (AvgIpc) is 2.69. The van der Waals surface area contributed by atoms with Crippen molar-refractivity contribution in [3.63, 3.8) is 0 Å². The Kier molecular flexibility index (Phi) is 3.39. The normalized spacial score (nSPS) is 10.4. The van der Waals surface area contributed by atoms with Crippen LogP contribution in [0.5, 0.6) is 5.75 Å². The van der Waals surface area contributed by atoms with E-state index in [4.69, 9.17) is 16.3 Å². The average molecular weight is 265 g/mol. The lowest BCUT2D eigenvalue weighted by molar-refractivity contribution is 0.103. The summed E-state index contributed by atoms with van der Waals surface area (Å²) in [5, 5.41) is 4.56. The van der Waals surface area contributed by atoms with Gasteiger partial charge in [-0.15, -0.1) is 0 Å². The van der Waals surface area contributed by atoms with E-state index in [1.165, 1.54) is 7.11 Å². The van der Waals surface area contributed by atoms with E-state index in [0.717, 1.165) is 5.69 Å². The molecule has 0 amide bonds. The fourth-order valence-corrected chi connectivity index (χ4v) is 1.90. The second-order valence-electron chi connectivity index (χ2n) is 3.94. The van der Waals surface area contributed by atoms with Gasteiger partial charge in [0.05, 0.1) is 24.4 Å². The van der Waals surface area contributed by atoms with Crippen LogP contribution in [-0.4, -0.2) is 22.7 Å². The van der Waals surface area contributed by atoms with E-state index in [-0.39, 0.29) is 5.78 Å². The lowest BCUT2D eigenvalue weighted by Crippen LogP contribution is -2.05. The van der Waals surface area contributed by atoms with Crippen molar-refractivity contribution < 1.29 is 9.53 Å². The maximum atomic E-state index is 12.4. The number of aromatic nitrogens is 2. The quantitative estimate of drug-likeness (QED) is 0.801. The molecule has 2 rings (SSSR count). The molecule has 0 N–H and O–H groups in total. The molecule has 0 spiro atoms. The van der Waals surface area contributed by atoms with Crippen molar-refractivity contribution in [2.24, 2.45) is 7.05 Å². The fraction of sp³-hybridized carbons (Fsp3) is 0.231. The highest BCUT2D eigenvalue weighted by molar-refractivity contribution is 6.31. The lowest BCUT2D eigenvalue weighted by Gasteiger charge is -2.07. The molecular formula is C13H13ClN2O2. The maximum absolute atomic E-state index is 12.4. The van der Waals surface area contributed by atoms with Crippen LogP contribution >= 0.6 is 11.6 Å². The van der Waals surface area contributed by atoms with Crippen LogP contribution in [0.4, 0.5) is 0 Å². The number of rotatable bonds is 3. The topological polar surface area (TPSA) is 44.1 Å². The molecule has 1 heterocycles. The first-order chi connectivity index (χ1) is 8.54. The zero-order chi connectivity index (χ0) is 13.3. The summed E-state index contributed by atoms with van der Waals surface area (Å²) in [5.74, 6) is 0.368. The SMILES string of the molecule is COc1ccc(Cl)cc1C(=O)c1cnn(C)c1C. The molecule has 0 radical (unpaired) electrons. The van der Waals surface area contributed by atoms with Gasteiger partial charge in [0.15, 0.2) is 5.78 Å². The molecule has 0 aliphatic heterocycles. The molecule has 1 aromatic heterocycles. The van der Waals surface area contributed by atoms with E-state index >= 15 is 0 Å². The number of ether oxygens (including phenoxy) is 1. The van der Waals surface area contributed by atoms with E-state index in [0.29, 0.717) is 21.9 Å². The predicted molar refractivity (Wildman–Crippen MR) is 69.4 cm³/mol. The third kappa shape index (κ3) is 2.11. The van der Waals surface area contributed by atoms with E-state index in [9.17, 15) is 4.79 Å². The summed E-state index contributed by atoms with van der Waals surface area (Å²) < 4.78 is 6.84. The largest absolute Gasteiger partial charge is 0.496 e. The molecule has 94 valence electrons. The van der Waals surface area contributed by atoms with Gasteiger partial charge in [-0.05, 0) is 25.1 Å². The Morgan fingerprint density at radius 3 is 2.67 bits per heavy atom. The number of ketones is 1. The molecule has 0 saturated carbocycles. The van der Waals surface area contributed by atoms with Gasteiger partial charge in [0.1, 0.15) is 5.75 Å². The highest BCUT2D eigenvalue weighted by Crippen LogP contribution is 2.26. The molecular weight excluding hydrogens is 252 g/mol. The summed E-state index contributed by atoms with van der Waals surface area (Å²) in [5.41, 5.74) is 1.81. The first-order valence-electron chi connectivity index (χ1n) is 5.41. The number of aryl methyl sites for hydroxylation is 1. The van der Waals surface area contributed by atoms with Crippen molar-refractivity contribution in [3.8, 4) is 5.75 Å². The van der Waals surface area contributed by atoms with Gasteiger partial charge in [0, 0.05) is 17.8 Å². The fourth-order valence-electron chi connectivity index (χ4n) is 1.72. The van der Waals surface area contributed by atoms with Gasteiger partial charge in [-0.1, -0.05) is 11.6 Å². The molecule has 2 aromatic rings. The van der Waals surface area contributed by atoms with Crippen LogP contribution in [0.15, 0.2) is 24.4 Å². The number of methoxy groups -OCH3 is 1. The van der Waals surface area contributed by atoms with Crippen LogP contribution in [-0.2, 0) is 7.05 Å². The molecule has 0 fully saturated rings. The van der Waals surface area contributed by atoms with Crippen LogP contribution < -0.4 is 4.74 Å². The zero-order valence-electron chi connectivity index (χ0n) is 10.4. The predicted octanol–water partition coefficient (Wildman–Crippen LogP) is 2.62. The molecule has 5 heteroatoms. The molecule has 0 aliphatic carbocycles. The van der Waals surface area contributed by atoms with Gasteiger partial charge < -0.3 is 4.74 Å². The van der Waals surface area contributed by atoms with Crippen molar-refractivity contribution in [2.75, 3.05) is 7.11 Å².